The number of pyridine rings is 2. The van der Waals surface area contributed by atoms with Crippen LogP contribution in [0.1, 0.15) is 212 Å². The topological polar surface area (TPSA) is 317 Å². The molecule has 0 spiro atoms. The van der Waals surface area contributed by atoms with Gasteiger partial charge in [-0.05, 0) is 201 Å². The lowest BCUT2D eigenvalue weighted by atomic mass is 9.79. The van der Waals surface area contributed by atoms with Crippen molar-refractivity contribution in [1.82, 2.24) is 29.2 Å². The minimum absolute atomic E-state index is 0.0478. The molecule has 4 saturated carbocycles. The molecule has 0 bridgehead atoms. The van der Waals surface area contributed by atoms with Crippen molar-refractivity contribution in [2.24, 2.45) is 58.2 Å². The second-order valence-electron chi connectivity index (χ2n) is 35.0. The third kappa shape index (κ3) is 20.6. The van der Waals surface area contributed by atoms with Crippen LogP contribution in [0, 0.1) is 69.8 Å². The van der Waals surface area contributed by atoms with Gasteiger partial charge in [0.2, 0.25) is 55.4 Å². The molecule has 2 aromatic carbocycles. The summed E-state index contributed by atoms with van der Waals surface area (Å²) in [6, 6.07) is 6.50. The van der Waals surface area contributed by atoms with Gasteiger partial charge in [-0.15, -0.1) is 0 Å². The summed E-state index contributed by atoms with van der Waals surface area (Å²) in [6.07, 6.45) is 13.7. The maximum Gasteiger partial charge on any atom is 0.307 e. The first-order valence-electron chi connectivity index (χ1n) is 41.4. The molecule has 4 aromatic rings. The molecule has 4 aliphatic carbocycles. The molecule has 6 fully saturated rings. The van der Waals surface area contributed by atoms with Crippen LogP contribution in [0.5, 0.6) is 23.3 Å². The van der Waals surface area contributed by atoms with Crippen LogP contribution in [-0.2, 0) is 67.9 Å². The number of Topliss-reactive ketones (excluding diaryl/α,β-unsaturated/α-hetero) is 2. The summed E-state index contributed by atoms with van der Waals surface area (Å²) in [5.41, 5.74) is -7.07. The lowest BCUT2D eigenvalue weighted by molar-refractivity contribution is -0.197. The van der Waals surface area contributed by atoms with Gasteiger partial charge in [0.1, 0.15) is 12.2 Å². The number of hydrogen-bond donors (Lipinski definition) is 2. The van der Waals surface area contributed by atoms with Crippen LogP contribution in [0.2, 0.25) is 0 Å². The summed E-state index contributed by atoms with van der Waals surface area (Å²) < 4.78 is 179. The number of alkyl halides is 4. The molecule has 14 atom stereocenters. The van der Waals surface area contributed by atoms with E-state index in [2.05, 4.69) is 19.4 Å². The summed E-state index contributed by atoms with van der Waals surface area (Å²) >= 11 is 0. The van der Waals surface area contributed by atoms with Crippen molar-refractivity contribution in [3.05, 3.63) is 84.7 Å². The largest absolute Gasteiger partial charge is 0.491 e. The molecule has 2 aromatic heterocycles. The summed E-state index contributed by atoms with van der Waals surface area (Å²) in [7, 11) is -7.87. The van der Waals surface area contributed by atoms with Crippen molar-refractivity contribution < 1.29 is 110 Å². The highest BCUT2D eigenvalue weighted by molar-refractivity contribution is 7.91. The minimum atomic E-state index is -3.94. The number of ketones is 2. The molecule has 6 heterocycles. The third-order valence-corrected chi connectivity index (χ3v) is 29.0. The second-order valence-corrected chi connectivity index (χ2v) is 39.0. The molecule has 2 saturated heterocycles. The Morgan fingerprint density at radius 2 is 0.907 bits per heavy atom. The van der Waals surface area contributed by atoms with Crippen LogP contribution < -0.4 is 28.4 Å². The Morgan fingerprint density at radius 3 is 1.24 bits per heavy atom. The Bertz CT molecular complexity index is 4470. The number of carbonyl (C=O) groups is 8. The van der Waals surface area contributed by atoms with Gasteiger partial charge in [0.25, 0.3) is 11.8 Å². The normalized spacial score (nSPS) is 28.8. The fourth-order valence-corrected chi connectivity index (χ4v) is 19.8. The second kappa shape index (κ2) is 35.7. The minimum Gasteiger partial charge on any atom is -0.491 e. The molecule has 648 valence electrons. The molecule has 0 radical (unpaired) electrons. The molecule has 12 rings (SSSR count). The number of fused-ring (bicyclic) bond motifs is 6. The Hall–Kier alpha value is -8.42. The van der Waals surface area contributed by atoms with Crippen molar-refractivity contribution in [1.29, 1.82) is 0 Å². The van der Waals surface area contributed by atoms with E-state index in [1.54, 1.807) is 26.0 Å². The molecular formula is C86H112F6N6O18S2. The number of carbonyl (C=O) groups excluding carboxylic acids is 8. The molecule has 118 heavy (non-hydrogen) atoms. The molecular weight excluding hydrogens is 1580 g/mol. The van der Waals surface area contributed by atoms with Crippen LogP contribution in [0.25, 0.3) is 21.5 Å². The van der Waals surface area contributed by atoms with Crippen molar-refractivity contribution in [3.63, 3.8) is 0 Å². The zero-order valence-electron chi connectivity index (χ0n) is 69.2. The fraction of sp³-hybridized carbons (Fsp3) is 0.651. The first kappa shape index (κ1) is 90.3. The number of esters is 2. The zero-order valence-corrected chi connectivity index (χ0v) is 70.8. The lowest BCUT2D eigenvalue weighted by Crippen LogP contribution is -2.48. The van der Waals surface area contributed by atoms with Gasteiger partial charge in [-0.3, -0.25) is 47.8 Å². The van der Waals surface area contributed by atoms with Gasteiger partial charge in [0, 0.05) is 62.7 Å². The van der Waals surface area contributed by atoms with E-state index in [-0.39, 0.29) is 99.9 Å². The number of hydrogen-bond acceptors (Lipinski definition) is 20. The van der Waals surface area contributed by atoms with E-state index in [1.165, 1.54) is 46.5 Å². The summed E-state index contributed by atoms with van der Waals surface area (Å²) in [5, 5.41) is 0.462. The van der Waals surface area contributed by atoms with Gasteiger partial charge in [-0.25, -0.2) is 53.1 Å². The van der Waals surface area contributed by atoms with Gasteiger partial charge in [0.05, 0.1) is 84.4 Å². The lowest BCUT2D eigenvalue weighted by Gasteiger charge is -2.35. The number of ether oxygens (including phenoxy) is 6. The van der Waals surface area contributed by atoms with Crippen molar-refractivity contribution in [3.8, 4) is 23.3 Å². The predicted octanol–water partition coefficient (Wildman–Crippen LogP) is 14.2. The van der Waals surface area contributed by atoms with Crippen molar-refractivity contribution in [2.45, 2.75) is 269 Å². The maximum absolute atomic E-state index is 15.1. The van der Waals surface area contributed by atoms with Gasteiger partial charge in [-0.2, -0.15) is 0 Å². The quantitative estimate of drug-likeness (QED) is 0.0374. The van der Waals surface area contributed by atoms with E-state index >= 15 is 18.4 Å². The monoisotopic (exact) mass is 1690 g/mol. The SMILES string of the molecule is CCOc1cc2ccnc(O[C@@H]3C[C@H]4C(=O)C[C@]5(C(=O)NS(=O)(=O)C6CC6)C[C@H]5/C=C\CC[C@@H](C)C[C@@H](CC)[C@H](CC(=O)OC(C)(C)C(C)(F)F)C(=O)N4C3)c2cc1F.CCOc1cc2ccnc(O[C@@H]3C[C@H]4C(=O)C[C@]5(C(=O)NS(=O)(=O)C6CC6)C[C@H]5/C=C\CC[C@H](C)C[C@@H](CC)[C@H](CC(=O)OC(C)(C)C(C)(F)F)C(=O)N4C3)c2cc1F. The zero-order chi connectivity index (χ0) is 86.2. The predicted molar refractivity (Wildman–Crippen MR) is 425 cm³/mol. The van der Waals surface area contributed by atoms with Gasteiger partial charge >= 0.3 is 11.9 Å². The van der Waals surface area contributed by atoms with Crippen LogP contribution in [0.15, 0.2) is 73.1 Å². The van der Waals surface area contributed by atoms with E-state index in [0.717, 1.165) is 27.7 Å². The van der Waals surface area contributed by atoms with Gasteiger partial charge in [0.15, 0.2) is 45.9 Å². The van der Waals surface area contributed by atoms with Crippen LogP contribution in [-0.4, -0.2) is 168 Å². The average molecular weight is 1700 g/mol. The number of benzene rings is 2. The third-order valence-electron chi connectivity index (χ3n) is 25.3. The van der Waals surface area contributed by atoms with E-state index in [4.69, 9.17) is 28.4 Å². The molecule has 0 unspecified atom stereocenters. The number of rotatable bonds is 24. The first-order valence-corrected chi connectivity index (χ1v) is 44.5. The summed E-state index contributed by atoms with van der Waals surface area (Å²) in [5.74, 6) is -17.1. The van der Waals surface area contributed by atoms with E-state index in [9.17, 15) is 63.2 Å². The molecule has 4 aliphatic heterocycles. The summed E-state index contributed by atoms with van der Waals surface area (Å²) in [6.45, 7) is 17.2. The Morgan fingerprint density at radius 1 is 0.542 bits per heavy atom. The highest BCUT2D eigenvalue weighted by atomic mass is 32.2. The number of allylic oxidation sites excluding steroid dienone is 4. The first-order chi connectivity index (χ1) is 55.4. The molecule has 32 heteroatoms. The molecule has 24 nitrogen and oxygen atoms in total. The highest BCUT2D eigenvalue weighted by Crippen LogP contribution is 2.59. The maximum atomic E-state index is 15.1. The van der Waals surface area contributed by atoms with E-state index < -0.39 is 196 Å². The number of nitrogens with one attached hydrogen (secondary N) is 2. The van der Waals surface area contributed by atoms with Gasteiger partial charge < -0.3 is 38.2 Å². The number of halogens is 6. The number of amides is 4. The van der Waals surface area contributed by atoms with E-state index in [1.807, 2.05) is 52.0 Å². The van der Waals surface area contributed by atoms with Crippen LogP contribution in [0.4, 0.5) is 26.3 Å². The smallest absolute Gasteiger partial charge is 0.307 e. The Kier molecular flexibility index (Phi) is 27.3. The van der Waals surface area contributed by atoms with Crippen LogP contribution >= 0.6 is 0 Å². The number of nitrogens with zero attached hydrogens (tertiary/aromatic N) is 4. The fourth-order valence-electron chi connectivity index (χ4n) is 17.0. The van der Waals surface area contributed by atoms with E-state index in [0.29, 0.717) is 112 Å². The molecule has 8 aliphatic rings. The number of sulfonamides is 2. The Labute approximate surface area is 686 Å². The number of aromatic nitrogens is 2. The molecule has 4 amide bonds. The molecule has 2 N–H and O–H groups in total. The van der Waals surface area contributed by atoms with Crippen LogP contribution in [0.3, 0.4) is 0 Å². The van der Waals surface area contributed by atoms with Crippen molar-refractivity contribution >= 4 is 88.7 Å². The van der Waals surface area contributed by atoms with Gasteiger partial charge in [-0.1, -0.05) is 64.8 Å². The summed E-state index contributed by atoms with van der Waals surface area (Å²) in [4.78, 5) is 126. The Balaban J connectivity index is 0.000000231. The highest BCUT2D eigenvalue weighted by Gasteiger charge is 2.64. The average Bonchev–Trinajstić information content (AvgIpc) is 1.57. The standard InChI is InChI=1S/2C43H56F3N3O9S/c2*1-7-26-17-25(3)11-9-10-12-28-22-43(28,40(53)48-59(54,55)30-13-14-30)23-35(50)34-19-29(57-38-31-20-33(44)36(56-8-2)18-27(31)15-16-47-38)24-49(34)39(52)32(26)21-37(51)58-41(4,5)42(6,45)46/h2*10,12,15-16,18,20,25-26,28-30,32,34H,7-9,11,13-14,17,19,21-24H2,1-6H3,(H,48,53)/b2*12-10-/t25-,26+,28+,29+,32-,34-,43+;25-,26-,28-,29-,32+,34+,43-/m01/s1. The van der Waals surface area contributed by atoms with Crippen molar-refractivity contribution in [2.75, 3.05) is 26.3 Å².